The molecule has 236 valence electrons. The molecule has 3 aliphatic rings. The number of rotatable bonds is 11. The number of aliphatic hydroxyl groups excluding tert-OH is 7. The van der Waals surface area contributed by atoms with Crippen molar-refractivity contribution in [1.29, 1.82) is 0 Å². The zero-order chi connectivity index (χ0) is 30.8. The average molecular weight is 603 g/mol. The molecule has 0 aliphatic carbocycles. The standard InChI is InChI=1S/C21H33NO19/c22-2-1-3-36-19-9(28)6(25)11(14(40-19)17(32)33)38-21-10(29)7(26)12(15(41-21)18(34)35)37-20-8(27)4(23)5(24)13(39-20)16(30)31/h4-15,19-21,23-29H,1-3,22H2,(H,30,31)(H,32,33)(H,34,35)/t4-,5-,6+,7+,8-,9-,10-,11-,12-,13+,14+,15+,19+,20+,21+/m0/s1. The van der Waals surface area contributed by atoms with Crippen LogP contribution in [0.5, 0.6) is 0 Å². The van der Waals surface area contributed by atoms with Crippen LogP contribution in [-0.2, 0) is 42.8 Å². The van der Waals surface area contributed by atoms with Crippen LogP contribution in [0.4, 0.5) is 0 Å². The Labute approximate surface area is 229 Å². The van der Waals surface area contributed by atoms with Gasteiger partial charge in [-0.1, -0.05) is 0 Å². The summed E-state index contributed by atoms with van der Waals surface area (Å²) in [7, 11) is 0. The smallest absolute Gasteiger partial charge is 0.335 e. The minimum absolute atomic E-state index is 0.0657. The van der Waals surface area contributed by atoms with Gasteiger partial charge < -0.3 is 85.2 Å². The highest BCUT2D eigenvalue weighted by Crippen LogP contribution is 2.33. The molecule has 0 aromatic carbocycles. The Morgan fingerprint density at radius 2 is 0.951 bits per heavy atom. The fraction of sp³-hybridized carbons (Fsp3) is 0.857. The fourth-order valence-corrected chi connectivity index (χ4v) is 4.38. The van der Waals surface area contributed by atoms with Gasteiger partial charge in [0.2, 0.25) is 0 Å². The first-order valence-electron chi connectivity index (χ1n) is 12.2. The summed E-state index contributed by atoms with van der Waals surface area (Å²) in [6.45, 7) is 0.131. The minimum Gasteiger partial charge on any atom is -0.479 e. The third-order valence-corrected chi connectivity index (χ3v) is 6.60. The molecule has 12 N–H and O–H groups in total. The lowest BCUT2D eigenvalue weighted by atomic mass is 9.95. The number of hydrogen-bond donors (Lipinski definition) is 11. The number of carboxylic acids is 3. The van der Waals surface area contributed by atoms with Crippen molar-refractivity contribution in [1.82, 2.24) is 0 Å². The van der Waals surface area contributed by atoms with Crippen LogP contribution in [0, 0.1) is 0 Å². The van der Waals surface area contributed by atoms with Gasteiger partial charge in [0.1, 0.15) is 54.9 Å². The SMILES string of the molecule is NCCCO[C@@H]1O[C@@H](C(=O)O)[C@@H](O[C@@H]2O[C@@H](C(=O)O)[C@@H](O[C@@H]3O[C@@H](C(=O)O)[C@@H](O)[C@H](O)[C@@H]3O)[C@H](O)[C@@H]2O)[C@H](O)[C@@H]1O. The largest absolute Gasteiger partial charge is 0.479 e. The third kappa shape index (κ3) is 7.09. The molecular weight excluding hydrogens is 570 g/mol. The van der Waals surface area contributed by atoms with Gasteiger partial charge in [-0.2, -0.15) is 0 Å². The van der Waals surface area contributed by atoms with Crippen molar-refractivity contribution in [3.05, 3.63) is 0 Å². The molecule has 3 aliphatic heterocycles. The van der Waals surface area contributed by atoms with Crippen molar-refractivity contribution >= 4 is 17.9 Å². The molecule has 3 rings (SSSR count). The molecule has 0 aromatic heterocycles. The van der Waals surface area contributed by atoms with Gasteiger partial charge >= 0.3 is 17.9 Å². The number of hydrogen-bond acceptors (Lipinski definition) is 17. The van der Waals surface area contributed by atoms with E-state index in [0.717, 1.165) is 0 Å². The number of aliphatic hydroxyl groups is 7. The summed E-state index contributed by atoms with van der Waals surface area (Å²) in [5, 5.41) is 101. The lowest BCUT2D eigenvalue weighted by Crippen LogP contribution is -2.67. The molecule has 0 bridgehead atoms. The predicted octanol–water partition coefficient (Wildman–Crippen LogP) is -6.92. The van der Waals surface area contributed by atoms with Crippen molar-refractivity contribution < 1.29 is 93.9 Å². The number of aliphatic carboxylic acids is 3. The molecule has 41 heavy (non-hydrogen) atoms. The van der Waals surface area contributed by atoms with Gasteiger partial charge in [0.05, 0.1) is 6.61 Å². The van der Waals surface area contributed by atoms with Crippen LogP contribution in [0.3, 0.4) is 0 Å². The van der Waals surface area contributed by atoms with E-state index in [2.05, 4.69) is 0 Å². The monoisotopic (exact) mass is 603 g/mol. The molecule has 20 nitrogen and oxygen atoms in total. The molecule has 0 radical (unpaired) electrons. The lowest BCUT2D eigenvalue weighted by molar-refractivity contribution is -0.370. The maximum Gasteiger partial charge on any atom is 0.335 e. The Kier molecular flexibility index (Phi) is 11.3. The van der Waals surface area contributed by atoms with Gasteiger partial charge in [0.15, 0.2) is 37.2 Å². The van der Waals surface area contributed by atoms with Crippen molar-refractivity contribution in [2.75, 3.05) is 13.2 Å². The van der Waals surface area contributed by atoms with Crippen molar-refractivity contribution in [2.24, 2.45) is 5.73 Å². The first-order valence-corrected chi connectivity index (χ1v) is 12.2. The van der Waals surface area contributed by atoms with E-state index < -0.39 is 110 Å². The minimum atomic E-state index is -2.28. The Hall–Kier alpha value is -2.15. The first kappa shape index (κ1) is 33.4. The zero-order valence-corrected chi connectivity index (χ0v) is 21.0. The summed E-state index contributed by atoms with van der Waals surface area (Å²) in [5.41, 5.74) is 5.34. The van der Waals surface area contributed by atoms with Gasteiger partial charge in [0.25, 0.3) is 0 Å². The quantitative estimate of drug-likeness (QED) is 0.0977. The molecule has 3 fully saturated rings. The molecule has 0 saturated carbocycles. The highest BCUT2D eigenvalue weighted by Gasteiger charge is 2.56. The van der Waals surface area contributed by atoms with Gasteiger partial charge in [-0.05, 0) is 13.0 Å². The molecule has 15 atom stereocenters. The van der Waals surface area contributed by atoms with Crippen LogP contribution in [0.25, 0.3) is 0 Å². The molecule has 3 heterocycles. The summed E-state index contributed by atoms with van der Waals surface area (Å²) >= 11 is 0. The van der Waals surface area contributed by atoms with Crippen LogP contribution in [-0.4, -0.2) is 174 Å². The Morgan fingerprint density at radius 1 is 0.561 bits per heavy atom. The highest BCUT2D eigenvalue weighted by molar-refractivity contribution is 5.74. The van der Waals surface area contributed by atoms with E-state index in [1.54, 1.807) is 0 Å². The maximum atomic E-state index is 12.0. The van der Waals surface area contributed by atoms with E-state index in [0.29, 0.717) is 6.42 Å². The molecule has 20 heteroatoms. The number of ether oxygens (including phenoxy) is 6. The average Bonchev–Trinajstić information content (AvgIpc) is 2.91. The molecule has 0 unspecified atom stereocenters. The van der Waals surface area contributed by atoms with Crippen LogP contribution in [0.2, 0.25) is 0 Å². The second-order valence-corrected chi connectivity index (χ2v) is 9.44. The van der Waals surface area contributed by atoms with Crippen molar-refractivity contribution in [3.63, 3.8) is 0 Å². The lowest BCUT2D eigenvalue weighted by Gasteiger charge is -2.46. The van der Waals surface area contributed by atoms with E-state index in [9.17, 15) is 65.4 Å². The van der Waals surface area contributed by atoms with Crippen molar-refractivity contribution in [3.8, 4) is 0 Å². The van der Waals surface area contributed by atoms with Crippen molar-refractivity contribution in [2.45, 2.75) is 98.5 Å². The summed E-state index contributed by atoms with van der Waals surface area (Å²) in [5.74, 6) is -5.36. The van der Waals surface area contributed by atoms with Gasteiger partial charge in [-0.25, -0.2) is 14.4 Å². The van der Waals surface area contributed by atoms with Gasteiger partial charge in [-0.15, -0.1) is 0 Å². The second-order valence-electron chi connectivity index (χ2n) is 9.44. The van der Waals surface area contributed by atoms with E-state index in [1.165, 1.54) is 0 Å². The molecule has 0 aromatic rings. The van der Waals surface area contributed by atoms with Gasteiger partial charge in [0, 0.05) is 0 Å². The molecule has 3 saturated heterocycles. The highest BCUT2D eigenvalue weighted by atomic mass is 16.8. The summed E-state index contributed by atoms with van der Waals surface area (Å²) in [6, 6.07) is 0. The second kappa shape index (κ2) is 13.9. The predicted molar refractivity (Wildman–Crippen MR) is 120 cm³/mol. The zero-order valence-electron chi connectivity index (χ0n) is 21.0. The Bertz CT molecular complexity index is 923. The normalized spacial score (nSPS) is 45.2. The number of carboxylic acid groups (broad SMARTS) is 3. The Morgan fingerprint density at radius 3 is 1.39 bits per heavy atom. The Balaban J connectivity index is 1.78. The summed E-state index contributed by atoms with van der Waals surface area (Å²) < 4.78 is 30.9. The summed E-state index contributed by atoms with van der Waals surface area (Å²) in [4.78, 5) is 35.1. The summed E-state index contributed by atoms with van der Waals surface area (Å²) in [6.07, 6.45) is -31.1. The first-order chi connectivity index (χ1) is 19.2. The van der Waals surface area contributed by atoms with E-state index in [-0.39, 0.29) is 13.2 Å². The topological polar surface area (TPSA) is 335 Å². The number of nitrogens with two attached hydrogens (primary N) is 1. The van der Waals surface area contributed by atoms with Crippen LogP contribution < -0.4 is 5.73 Å². The van der Waals surface area contributed by atoms with Crippen LogP contribution >= 0.6 is 0 Å². The van der Waals surface area contributed by atoms with E-state index in [1.807, 2.05) is 0 Å². The van der Waals surface area contributed by atoms with E-state index >= 15 is 0 Å². The van der Waals surface area contributed by atoms with Gasteiger partial charge in [-0.3, -0.25) is 0 Å². The molecule has 0 spiro atoms. The van der Waals surface area contributed by atoms with Crippen LogP contribution in [0.1, 0.15) is 6.42 Å². The van der Waals surface area contributed by atoms with Crippen LogP contribution in [0.15, 0.2) is 0 Å². The molecular formula is C21H33NO19. The van der Waals surface area contributed by atoms with E-state index in [4.69, 9.17) is 34.2 Å². The number of carbonyl (C=O) groups is 3. The maximum absolute atomic E-state index is 12.0. The molecule has 0 amide bonds. The third-order valence-electron chi connectivity index (χ3n) is 6.60. The fourth-order valence-electron chi connectivity index (χ4n) is 4.38.